The van der Waals surface area contributed by atoms with E-state index in [1.165, 1.54) is 11.8 Å². The molecule has 1 atom stereocenters. The van der Waals surface area contributed by atoms with Gasteiger partial charge in [-0.3, -0.25) is 4.79 Å². The van der Waals surface area contributed by atoms with E-state index in [-0.39, 0.29) is 5.25 Å². The Morgan fingerprint density at radius 1 is 1.30 bits per heavy atom. The molecule has 0 aliphatic heterocycles. The molecule has 20 heavy (non-hydrogen) atoms. The molecule has 0 saturated heterocycles. The number of carbonyl (C=O) groups excluding carboxylic acids is 1. The molecular formula is C14H16N4OS. The van der Waals surface area contributed by atoms with Crippen LogP contribution in [0.3, 0.4) is 0 Å². The van der Waals surface area contributed by atoms with Gasteiger partial charge in [0.25, 0.3) is 0 Å². The van der Waals surface area contributed by atoms with Crippen molar-refractivity contribution in [1.29, 1.82) is 0 Å². The summed E-state index contributed by atoms with van der Waals surface area (Å²) in [6.07, 6.45) is 3.72. The van der Waals surface area contributed by atoms with E-state index in [0.29, 0.717) is 17.4 Å². The van der Waals surface area contributed by atoms with Gasteiger partial charge in [0.15, 0.2) is 0 Å². The van der Waals surface area contributed by atoms with E-state index >= 15 is 0 Å². The first kappa shape index (κ1) is 13.3. The van der Waals surface area contributed by atoms with Crippen molar-refractivity contribution in [2.24, 2.45) is 0 Å². The van der Waals surface area contributed by atoms with Crippen LogP contribution >= 0.6 is 11.8 Å². The summed E-state index contributed by atoms with van der Waals surface area (Å²) >= 11 is 1.49. The number of aromatic nitrogens is 4. The number of ketones is 1. The number of benzene rings is 1. The van der Waals surface area contributed by atoms with Crippen LogP contribution < -0.4 is 0 Å². The van der Waals surface area contributed by atoms with Gasteiger partial charge in [-0.25, -0.2) is 0 Å². The van der Waals surface area contributed by atoms with Crippen LogP contribution in [0.4, 0.5) is 0 Å². The molecule has 0 N–H and O–H groups in total. The number of Topliss-reactive ketones (excluding diaryl/α,β-unsaturated/α-hetero) is 1. The van der Waals surface area contributed by atoms with Crippen LogP contribution in [0.5, 0.6) is 0 Å². The number of rotatable bonds is 3. The fourth-order valence-corrected chi connectivity index (χ4v) is 3.51. The first-order valence-electron chi connectivity index (χ1n) is 6.79. The average molecular weight is 288 g/mol. The van der Waals surface area contributed by atoms with Crippen molar-refractivity contribution >= 4 is 17.5 Å². The van der Waals surface area contributed by atoms with Gasteiger partial charge in [0.1, 0.15) is 5.78 Å². The van der Waals surface area contributed by atoms with Gasteiger partial charge in [-0.05, 0) is 41.8 Å². The zero-order valence-corrected chi connectivity index (χ0v) is 12.1. The second-order valence-corrected chi connectivity index (χ2v) is 6.15. The maximum atomic E-state index is 11.9. The largest absolute Gasteiger partial charge is 0.298 e. The zero-order valence-electron chi connectivity index (χ0n) is 11.3. The Bertz CT molecular complexity index is 625. The lowest BCUT2D eigenvalue weighted by Gasteiger charge is -2.19. The fourth-order valence-electron chi connectivity index (χ4n) is 2.41. The Morgan fingerprint density at radius 2 is 2.15 bits per heavy atom. The number of tetrazole rings is 1. The van der Waals surface area contributed by atoms with Crippen molar-refractivity contribution in [3.05, 3.63) is 29.8 Å². The molecule has 0 spiro atoms. The van der Waals surface area contributed by atoms with Gasteiger partial charge in [0, 0.05) is 6.42 Å². The second-order valence-electron chi connectivity index (χ2n) is 4.98. The summed E-state index contributed by atoms with van der Waals surface area (Å²) in [4.78, 5) is 11.9. The molecule has 1 fully saturated rings. The van der Waals surface area contributed by atoms with Crippen LogP contribution in [0.2, 0.25) is 0 Å². The normalized spacial score (nSPS) is 19.2. The summed E-state index contributed by atoms with van der Waals surface area (Å²) < 4.78 is 1.72. The highest BCUT2D eigenvalue weighted by molar-refractivity contribution is 8.00. The smallest absolute Gasteiger partial charge is 0.214 e. The molecule has 6 heteroatoms. The third-order valence-electron chi connectivity index (χ3n) is 3.53. The number of hydrogen-bond donors (Lipinski definition) is 0. The van der Waals surface area contributed by atoms with Crippen LogP contribution in [-0.2, 0) is 4.79 Å². The van der Waals surface area contributed by atoms with Crippen LogP contribution in [0.1, 0.15) is 31.2 Å². The number of thioether (sulfide) groups is 1. The lowest BCUT2D eigenvalue weighted by molar-refractivity contribution is -0.119. The van der Waals surface area contributed by atoms with Crippen molar-refractivity contribution < 1.29 is 4.79 Å². The monoisotopic (exact) mass is 288 g/mol. The highest BCUT2D eigenvalue weighted by Crippen LogP contribution is 2.31. The van der Waals surface area contributed by atoms with Crippen LogP contribution in [0.15, 0.2) is 29.4 Å². The van der Waals surface area contributed by atoms with E-state index in [0.717, 1.165) is 30.5 Å². The Hall–Kier alpha value is -1.69. The minimum Gasteiger partial charge on any atom is -0.298 e. The molecule has 1 saturated carbocycles. The quantitative estimate of drug-likeness (QED) is 0.868. The Kier molecular flexibility index (Phi) is 3.82. The molecule has 1 aromatic heterocycles. The maximum absolute atomic E-state index is 11.9. The van der Waals surface area contributed by atoms with Gasteiger partial charge in [-0.2, -0.15) is 4.68 Å². The first-order valence-corrected chi connectivity index (χ1v) is 7.67. The third kappa shape index (κ3) is 2.60. The SMILES string of the molecule is Cc1ccccc1-n1nnnc1S[C@@H]1CCCCC1=O. The molecule has 1 aliphatic carbocycles. The summed E-state index contributed by atoms with van der Waals surface area (Å²) in [6, 6.07) is 7.96. The summed E-state index contributed by atoms with van der Waals surface area (Å²) in [5.41, 5.74) is 2.07. The second kappa shape index (κ2) is 5.75. The van der Waals surface area contributed by atoms with E-state index in [1.807, 2.05) is 31.2 Å². The molecule has 0 bridgehead atoms. The molecule has 0 unspecified atom stereocenters. The van der Waals surface area contributed by atoms with Gasteiger partial charge in [-0.1, -0.05) is 36.4 Å². The lowest BCUT2D eigenvalue weighted by Crippen LogP contribution is -2.21. The minimum atomic E-state index is -0.00230. The van der Waals surface area contributed by atoms with Crippen LogP contribution in [0, 0.1) is 6.92 Å². The highest BCUT2D eigenvalue weighted by atomic mass is 32.2. The first-order chi connectivity index (χ1) is 9.75. The molecule has 1 aliphatic rings. The van der Waals surface area contributed by atoms with Crippen LogP contribution in [0.25, 0.3) is 5.69 Å². The van der Waals surface area contributed by atoms with Crippen molar-refractivity contribution in [1.82, 2.24) is 20.2 Å². The summed E-state index contributed by atoms with van der Waals surface area (Å²) in [7, 11) is 0. The molecule has 1 heterocycles. The minimum absolute atomic E-state index is 0.00230. The Balaban J connectivity index is 1.87. The van der Waals surface area contributed by atoms with E-state index < -0.39 is 0 Å². The molecule has 1 aromatic carbocycles. The molecular weight excluding hydrogens is 272 g/mol. The van der Waals surface area contributed by atoms with Gasteiger partial charge >= 0.3 is 0 Å². The fraction of sp³-hybridized carbons (Fsp3) is 0.429. The Morgan fingerprint density at radius 3 is 2.95 bits per heavy atom. The summed E-state index contributed by atoms with van der Waals surface area (Å²) in [5.74, 6) is 0.320. The van der Waals surface area contributed by atoms with Crippen molar-refractivity contribution in [3.63, 3.8) is 0 Å². The predicted octanol–water partition coefficient (Wildman–Crippen LogP) is 2.57. The predicted molar refractivity (Wildman–Crippen MR) is 77.0 cm³/mol. The summed E-state index contributed by atoms with van der Waals surface area (Å²) in [5, 5.41) is 12.6. The van der Waals surface area contributed by atoms with Crippen molar-refractivity contribution in [2.45, 2.75) is 43.0 Å². The molecule has 2 aromatic rings. The number of carbonyl (C=O) groups is 1. The topological polar surface area (TPSA) is 60.7 Å². The number of hydrogen-bond acceptors (Lipinski definition) is 5. The number of nitrogens with zero attached hydrogens (tertiary/aromatic N) is 4. The van der Waals surface area contributed by atoms with E-state index in [4.69, 9.17) is 0 Å². The number of para-hydroxylation sites is 1. The number of aryl methyl sites for hydroxylation is 1. The highest BCUT2D eigenvalue weighted by Gasteiger charge is 2.25. The lowest BCUT2D eigenvalue weighted by atomic mass is 9.99. The average Bonchev–Trinajstić information content (AvgIpc) is 2.90. The standard InChI is InChI=1S/C14H16N4OS/c1-10-6-2-3-7-11(10)18-14(15-16-17-18)20-13-9-5-4-8-12(13)19/h2-3,6-7,13H,4-5,8-9H2,1H3/t13-/m1/s1. The van der Waals surface area contributed by atoms with Crippen molar-refractivity contribution in [3.8, 4) is 5.69 Å². The molecule has 0 radical (unpaired) electrons. The molecule has 3 rings (SSSR count). The summed E-state index contributed by atoms with van der Waals surface area (Å²) in [6.45, 7) is 2.03. The molecule has 104 valence electrons. The van der Waals surface area contributed by atoms with Gasteiger partial charge in [0.2, 0.25) is 5.16 Å². The van der Waals surface area contributed by atoms with Crippen LogP contribution in [-0.4, -0.2) is 31.2 Å². The van der Waals surface area contributed by atoms with E-state index in [1.54, 1.807) is 4.68 Å². The zero-order chi connectivity index (χ0) is 13.9. The van der Waals surface area contributed by atoms with E-state index in [9.17, 15) is 4.79 Å². The van der Waals surface area contributed by atoms with E-state index in [2.05, 4.69) is 15.5 Å². The van der Waals surface area contributed by atoms with Crippen molar-refractivity contribution in [2.75, 3.05) is 0 Å². The Labute approximate surface area is 121 Å². The third-order valence-corrected chi connectivity index (χ3v) is 4.78. The van der Waals surface area contributed by atoms with Gasteiger partial charge < -0.3 is 0 Å². The molecule has 5 nitrogen and oxygen atoms in total. The molecule has 0 amide bonds. The van der Waals surface area contributed by atoms with Gasteiger partial charge in [-0.15, -0.1) is 5.10 Å². The van der Waals surface area contributed by atoms with Gasteiger partial charge in [0.05, 0.1) is 10.9 Å². The maximum Gasteiger partial charge on any atom is 0.214 e.